The summed E-state index contributed by atoms with van der Waals surface area (Å²) in [5.74, 6) is 0.0551. The van der Waals surface area contributed by atoms with E-state index in [9.17, 15) is 20.0 Å². The van der Waals surface area contributed by atoms with Gasteiger partial charge >= 0.3 is 0 Å². The van der Waals surface area contributed by atoms with Crippen LogP contribution in [0, 0.1) is 10.1 Å². The molecule has 0 bridgehead atoms. The van der Waals surface area contributed by atoms with Crippen LogP contribution in [0.2, 0.25) is 0 Å². The highest BCUT2D eigenvalue weighted by atomic mass is 79.9. The molecular weight excluding hydrogens is 566 g/mol. The zero-order valence-electron chi connectivity index (χ0n) is 20.8. The SMILES string of the molecule is COc1cc(C=NNC(=O)C(O)(c2ccccc2)c2ccccc2)cc(Br)c1OCc1cccc([N+](=O)[O-])c1. The molecule has 4 aromatic rings. The minimum absolute atomic E-state index is 0.0258. The summed E-state index contributed by atoms with van der Waals surface area (Å²) in [6.07, 6.45) is 1.41. The molecule has 0 spiro atoms. The van der Waals surface area contributed by atoms with Crippen LogP contribution in [0.25, 0.3) is 0 Å². The van der Waals surface area contributed by atoms with Crippen molar-refractivity contribution in [2.24, 2.45) is 5.10 Å². The van der Waals surface area contributed by atoms with Gasteiger partial charge in [-0.1, -0.05) is 72.8 Å². The second-order valence-corrected chi connectivity index (χ2v) is 9.25. The van der Waals surface area contributed by atoms with Crippen LogP contribution in [0.5, 0.6) is 11.5 Å². The summed E-state index contributed by atoms with van der Waals surface area (Å²) in [5.41, 5.74) is 2.46. The van der Waals surface area contributed by atoms with Gasteiger partial charge in [-0.05, 0) is 50.3 Å². The van der Waals surface area contributed by atoms with Gasteiger partial charge in [0.1, 0.15) is 6.61 Å². The topological polar surface area (TPSA) is 123 Å². The number of nitro benzene ring substituents is 1. The fraction of sp³-hybridized carbons (Fsp3) is 0.103. The van der Waals surface area contributed by atoms with Crippen LogP contribution < -0.4 is 14.9 Å². The number of carbonyl (C=O) groups is 1. The number of benzene rings is 4. The molecule has 0 aliphatic heterocycles. The molecule has 39 heavy (non-hydrogen) atoms. The maximum Gasteiger partial charge on any atom is 0.281 e. The van der Waals surface area contributed by atoms with Crippen LogP contribution >= 0.6 is 15.9 Å². The van der Waals surface area contributed by atoms with Crippen LogP contribution in [0.4, 0.5) is 5.69 Å². The van der Waals surface area contributed by atoms with Crippen molar-refractivity contribution in [2.75, 3.05) is 7.11 Å². The van der Waals surface area contributed by atoms with Crippen molar-refractivity contribution in [1.82, 2.24) is 5.43 Å². The molecule has 10 heteroatoms. The first kappa shape index (κ1) is 27.5. The zero-order chi connectivity index (χ0) is 27.8. The van der Waals surface area contributed by atoms with Gasteiger partial charge in [-0.15, -0.1) is 0 Å². The number of non-ortho nitro benzene ring substituents is 1. The van der Waals surface area contributed by atoms with E-state index in [-0.39, 0.29) is 12.3 Å². The van der Waals surface area contributed by atoms with E-state index in [2.05, 4.69) is 26.5 Å². The van der Waals surface area contributed by atoms with E-state index in [1.807, 2.05) is 0 Å². The van der Waals surface area contributed by atoms with E-state index in [1.54, 1.807) is 84.9 Å². The van der Waals surface area contributed by atoms with Gasteiger partial charge in [0.2, 0.25) is 0 Å². The first-order valence-corrected chi connectivity index (χ1v) is 12.5. The van der Waals surface area contributed by atoms with E-state index in [1.165, 1.54) is 25.5 Å². The molecule has 0 aromatic heterocycles. The van der Waals surface area contributed by atoms with Crippen LogP contribution in [0.3, 0.4) is 0 Å². The van der Waals surface area contributed by atoms with Gasteiger partial charge in [0.05, 0.1) is 22.7 Å². The Kier molecular flexibility index (Phi) is 8.70. The van der Waals surface area contributed by atoms with Crippen molar-refractivity contribution in [1.29, 1.82) is 0 Å². The lowest BCUT2D eigenvalue weighted by atomic mass is 9.85. The van der Waals surface area contributed by atoms with Gasteiger partial charge in [-0.3, -0.25) is 14.9 Å². The Morgan fingerprint density at radius 2 is 1.67 bits per heavy atom. The Labute approximate surface area is 233 Å². The molecule has 0 fully saturated rings. The maximum atomic E-state index is 13.2. The van der Waals surface area contributed by atoms with E-state index < -0.39 is 16.4 Å². The lowest BCUT2D eigenvalue weighted by Gasteiger charge is -2.27. The van der Waals surface area contributed by atoms with Crippen molar-refractivity contribution in [2.45, 2.75) is 12.2 Å². The van der Waals surface area contributed by atoms with Crippen molar-refractivity contribution in [3.8, 4) is 11.5 Å². The molecule has 4 aromatic carbocycles. The molecule has 0 unspecified atom stereocenters. The molecule has 2 N–H and O–H groups in total. The maximum absolute atomic E-state index is 13.2. The molecule has 0 aliphatic carbocycles. The fourth-order valence-electron chi connectivity index (χ4n) is 3.90. The number of hydrazone groups is 1. The number of nitro groups is 1. The van der Waals surface area contributed by atoms with E-state index >= 15 is 0 Å². The standard InChI is InChI=1S/C29H24BrN3O6/c1-38-26-17-21(16-25(30)27(26)39-19-20-9-8-14-24(15-20)33(36)37)18-31-32-28(34)29(35,22-10-4-2-5-11-22)23-12-6-3-7-13-23/h2-18,35H,19H2,1H3,(H,32,34). The van der Waals surface area contributed by atoms with Crippen LogP contribution in [0.1, 0.15) is 22.3 Å². The predicted octanol–water partition coefficient (Wildman–Crippen LogP) is 5.33. The summed E-state index contributed by atoms with van der Waals surface area (Å²) in [6, 6.07) is 26.8. The second kappa shape index (κ2) is 12.3. The van der Waals surface area contributed by atoms with E-state index in [4.69, 9.17) is 9.47 Å². The third-order valence-electron chi connectivity index (χ3n) is 5.85. The highest BCUT2D eigenvalue weighted by molar-refractivity contribution is 9.10. The monoisotopic (exact) mass is 589 g/mol. The highest BCUT2D eigenvalue weighted by Crippen LogP contribution is 2.37. The quantitative estimate of drug-likeness (QED) is 0.146. The molecule has 0 heterocycles. The molecule has 0 aliphatic rings. The Morgan fingerprint density at radius 1 is 1.03 bits per heavy atom. The minimum atomic E-state index is -1.96. The number of hydrogen-bond acceptors (Lipinski definition) is 7. The molecule has 198 valence electrons. The number of aliphatic hydroxyl groups is 1. The number of carbonyl (C=O) groups excluding carboxylic acids is 1. The summed E-state index contributed by atoms with van der Waals surface area (Å²) in [6.45, 7) is 0.0810. The smallest absolute Gasteiger partial charge is 0.281 e. The van der Waals surface area contributed by atoms with Gasteiger partial charge in [0, 0.05) is 12.1 Å². The third-order valence-corrected chi connectivity index (χ3v) is 6.44. The fourth-order valence-corrected chi connectivity index (χ4v) is 4.48. The van der Waals surface area contributed by atoms with Gasteiger partial charge in [-0.25, -0.2) is 5.43 Å². The molecule has 0 radical (unpaired) electrons. The first-order valence-electron chi connectivity index (χ1n) is 11.7. The average molecular weight is 590 g/mol. The molecule has 0 saturated heterocycles. The molecule has 1 amide bonds. The lowest BCUT2D eigenvalue weighted by molar-refractivity contribution is -0.384. The molecule has 9 nitrogen and oxygen atoms in total. The normalized spacial score (nSPS) is 11.3. The molecule has 4 rings (SSSR count). The Balaban J connectivity index is 1.51. The number of amides is 1. The number of nitrogens with zero attached hydrogens (tertiary/aromatic N) is 2. The van der Waals surface area contributed by atoms with Gasteiger partial charge in [-0.2, -0.15) is 5.10 Å². The summed E-state index contributed by atoms with van der Waals surface area (Å²) in [5, 5.41) is 26.6. The van der Waals surface area contributed by atoms with E-state index in [0.717, 1.165) is 0 Å². The zero-order valence-corrected chi connectivity index (χ0v) is 22.4. The van der Waals surface area contributed by atoms with Crippen LogP contribution in [-0.4, -0.2) is 29.3 Å². The number of halogens is 1. The highest BCUT2D eigenvalue weighted by Gasteiger charge is 2.39. The van der Waals surface area contributed by atoms with Gasteiger partial charge in [0.15, 0.2) is 17.1 Å². The van der Waals surface area contributed by atoms with Crippen LogP contribution in [-0.2, 0) is 17.0 Å². The number of rotatable bonds is 10. The number of ether oxygens (including phenoxy) is 2. The Bertz CT molecular complexity index is 1460. The van der Waals surface area contributed by atoms with Crippen molar-refractivity contribution in [3.63, 3.8) is 0 Å². The van der Waals surface area contributed by atoms with Crippen molar-refractivity contribution in [3.05, 3.63) is 134 Å². The average Bonchev–Trinajstić information content (AvgIpc) is 2.96. The summed E-state index contributed by atoms with van der Waals surface area (Å²) in [7, 11) is 1.48. The molecule has 0 saturated carbocycles. The summed E-state index contributed by atoms with van der Waals surface area (Å²) in [4.78, 5) is 23.8. The van der Waals surface area contributed by atoms with Crippen molar-refractivity contribution < 1.29 is 24.3 Å². The second-order valence-electron chi connectivity index (χ2n) is 8.39. The van der Waals surface area contributed by atoms with Crippen molar-refractivity contribution >= 4 is 33.7 Å². The number of methoxy groups -OCH3 is 1. The first-order chi connectivity index (χ1) is 18.8. The summed E-state index contributed by atoms with van der Waals surface area (Å²) >= 11 is 3.46. The minimum Gasteiger partial charge on any atom is -0.493 e. The van der Waals surface area contributed by atoms with E-state index in [0.29, 0.717) is 38.2 Å². The number of nitrogens with one attached hydrogen (secondary N) is 1. The van der Waals surface area contributed by atoms with Crippen LogP contribution in [0.15, 0.2) is 107 Å². The number of hydrogen-bond donors (Lipinski definition) is 2. The summed E-state index contributed by atoms with van der Waals surface area (Å²) < 4.78 is 11.9. The molecule has 0 atom stereocenters. The largest absolute Gasteiger partial charge is 0.493 e. The van der Waals surface area contributed by atoms with Gasteiger partial charge in [0.25, 0.3) is 11.6 Å². The predicted molar refractivity (Wildman–Crippen MR) is 150 cm³/mol. The lowest BCUT2D eigenvalue weighted by Crippen LogP contribution is -2.43. The Hall–Kier alpha value is -4.54. The Morgan fingerprint density at radius 3 is 2.26 bits per heavy atom. The van der Waals surface area contributed by atoms with Gasteiger partial charge < -0.3 is 14.6 Å². The molecular formula is C29H24BrN3O6. The third kappa shape index (κ3) is 6.31.